The molecule has 0 saturated carbocycles. The molecule has 0 bridgehead atoms. The summed E-state index contributed by atoms with van der Waals surface area (Å²) >= 11 is 0. The number of morpholine rings is 1. The summed E-state index contributed by atoms with van der Waals surface area (Å²) in [6, 6.07) is 14.8. The molecule has 1 aliphatic heterocycles. The fourth-order valence-corrected chi connectivity index (χ4v) is 2.87. The average Bonchev–Trinajstić information content (AvgIpc) is 2.68. The van der Waals surface area contributed by atoms with Crippen molar-refractivity contribution in [1.82, 2.24) is 10.2 Å². The number of anilines is 1. The molecule has 1 aliphatic rings. The van der Waals surface area contributed by atoms with E-state index < -0.39 is 0 Å². The Bertz CT molecular complexity index is 740. The Kier molecular flexibility index (Phi) is 10.7. The Hall–Kier alpha value is -1.99. The second kappa shape index (κ2) is 12.5. The maximum absolute atomic E-state index is 12.3. The van der Waals surface area contributed by atoms with Crippen LogP contribution in [-0.4, -0.2) is 50.3 Å². The number of halogens is 2. The zero-order valence-electron chi connectivity index (χ0n) is 15.6. The summed E-state index contributed by atoms with van der Waals surface area (Å²) in [4.78, 5) is 14.6. The highest BCUT2D eigenvalue weighted by Crippen LogP contribution is 2.18. The van der Waals surface area contributed by atoms with Crippen molar-refractivity contribution in [2.75, 3.05) is 45.2 Å². The van der Waals surface area contributed by atoms with Gasteiger partial charge in [0, 0.05) is 37.4 Å². The first-order valence-corrected chi connectivity index (χ1v) is 8.87. The number of hydrogen-bond donors (Lipinski definition) is 2. The normalized spacial score (nSPS) is 13.7. The van der Waals surface area contributed by atoms with E-state index in [4.69, 9.17) is 15.2 Å². The van der Waals surface area contributed by atoms with E-state index in [-0.39, 0.29) is 30.7 Å². The van der Waals surface area contributed by atoms with Crippen LogP contribution in [0.15, 0.2) is 48.5 Å². The van der Waals surface area contributed by atoms with Crippen LogP contribution in [0.5, 0.6) is 5.75 Å². The zero-order valence-corrected chi connectivity index (χ0v) is 17.3. The van der Waals surface area contributed by atoms with Gasteiger partial charge in [-0.1, -0.05) is 30.3 Å². The smallest absolute Gasteiger partial charge is 0.253 e. The van der Waals surface area contributed by atoms with Gasteiger partial charge in [-0.25, -0.2) is 0 Å². The first-order chi connectivity index (χ1) is 12.7. The van der Waals surface area contributed by atoms with Crippen LogP contribution in [0.1, 0.15) is 15.9 Å². The SMILES string of the molecule is Cl.Cl.Nc1ccccc1C(=O)NCc1ccccc1OCCN1CCOCC1. The maximum atomic E-state index is 12.3. The number of ether oxygens (including phenoxy) is 2. The Labute approximate surface area is 178 Å². The van der Waals surface area contributed by atoms with Gasteiger partial charge in [-0.05, 0) is 18.2 Å². The lowest BCUT2D eigenvalue weighted by Crippen LogP contribution is -2.38. The summed E-state index contributed by atoms with van der Waals surface area (Å²) in [5, 5.41) is 2.91. The monoisotopic (exact) mass is 427 g/mol. The van der Waals surface area contributed by atoms with Gasteiger partial charge in [0.25, 0.3) is 5.91 Å². The molecule has 3 rings (SSSR count). The van der Waals surface area contributed by atoms with Crippen molar-refractivity contribution in [1.29, 1.82) is 0 Å². The Balaban J connectivity index is 0.00000196. The molecule has 6 nitrogen and oxygen atoms in total. The van der Waals surface area contributed by atoms with E-state index in [2.05, 4.69) is 10.2 Å². The number of carbonyl (C=O) groups excluding carboxylic acids is 1. The predicted molar refractivity (Wildman–Crippen MR) is 116 cm³/mol. The number of nitrogens with two attached hydrogens (primary N) is 1. The molecule has 28 heavy (non-hydrogen) atoms. The molecule has 1 amide bonds. The number of nitrogen functional groups attached to an aromatic ring is 1. The molecule has 0 spiro atoms. The standard InChI is InChI=1S/C20H25N3O3.2ClH/c21-18-7-3-2-6-17(18)20(24)22-15-16-5-1-4-8-19(16)26-14-11-23-9-12-25-13-10-23;;/h1-8H,9-15,21H2,(H,22,24);2*1H. The van der Waals surface area contributed by atoms with E-state index in [0.29, 0.717) is 24.4 Å². The number of nitrogens with zero attached hydrogens (tertiary/aromatic N) is 1. The lowest BCUT2D eigenvalue weighted by Gasteiger charge is -2.26. The topological polar surface area (TPSA) is 76.8 Å². The van der Waals surface area contributed by atoms with Crippen molar-refractivity contribution >= 4 is 36.4 Å². The van der Waals surface area contributed by atoms with Gasteiger partial charge < -0.3 is 20.5 Å². The largest absolute Gasteiger partial charge is 0.492 e. The van der Waals surface area contributed by atoms with Crippen LogP contribution in [0, 0.1) is 0 Å². The lowest BCUT2D eigenvalue weighted by atomic mass is 10.1. The third-order valence-electron chi connectivity index (χ3n) is 4.39. The third-order valence-corrected chi connectivity index (χ3v) is 4.39. The maximum Gasteiger partial charge on any atom is 0.253 e. The van der Waals surface area contributed by atoms with Crippen molar-refractivity contribution in [2.24, 2.45) is 0 Å². The predicted octanol–water partition coefficient (Wildman–Crippen LogP) is 2.75. The molecular weight excluding hydrogens is 401 g/mol. The fraction of sp³-hybridized carbons (Fsp3) is 0.350. The van der Waals surface area contributed by atoms with Crippen LogP contribution in [0.4, 0.5) is 5.69 Å². The molecular formula is C20H27Cl2N3O3. The van der Waals surface area contributed by atoms with Crippen molar-refractivity contribution in [3.05, 3.63) is 59.7 Å². The molecule has 0 aliphatic carbocycles. The Morgan fingerprint density at radius 3 is 2.50 bits per heavy atom. The van der Waals surface area contributed by atoms with E-state index >= 15 is 0 Å². The summed E-state index contributed by atoms with van der Waals surface area (Å²) < 4.78 is 11.3. The molecule has 2 aromatic rings. The van der Waals surface area contributed by atoms with Crippen LogP contribution in [0.3, 0.4) is 0 Å². The third kappa shape index (κ3) is 6.87. The fourth-order valence-electron chi connectivity index (χ4n) is 2.87. The van der Waals surface area contributed by atoms with Crippen LogP contribution in [0.25, 0.3) is 0 Å². The second-order valence-electron chi connectivity index (χ2n) is 6.18. The zero-order chi connectivity index (χ0) is 18.2. The average molecular weight is 428 g/mol. The minimum atomic E-state index is -0.189. The number of nitrogens with one attached hydrogen (secondary N) is 1. The molecule has 154 valence electrons. The molecule has 0 atom stereocenters. The highest BCUT2D eigenvalue weighted by Gasteiger charge is 2.12. The van der Waals surface area contributed by atoms with E-state index in [9.17, 15) is 4.79 Å². The molecule has 1 fully saturated rings. The molecule has 8 heteroatoms. The molecule has 0 aromatic heterocycles. The van der Waals surface area contributed by atoms with Gasteiger partial charge >= 0.3 is 0 Å². The number of rotatable bonds is 7. The summed E-state index contributed by atoms with van der Waals surface area (Å²) in [6.07, 6.45) is 0. The number of hydrogen-bond acceptors (Lipinski definition) is 5. The minimum absolute atomic E-state index is 0. The van der Waals surface area contributed by atoms with Crippen LogP contribution >= 0.6 is 24.8 Å². The molecule has 0 unspecified atom stereocenters. The van der Waals surface area contributed by atoms with Crippen molar-refractivity contribution < 1.29 is 14.3 Å². The van der Waals surface area contributed by atoms with Gasteiger partial charge in [0.05, 0.1) is 18.8 Å². The highest BCUT2D eigenvalue weighted by molar-refractivity contribution is 5.99. The van der Waals surface area contributed by atoms with Gasteiger partial charge in [0.1, 0.15) is 12.4 Å². The van der Waals surface area contributed by atoms with E-state index in [1.807, 2.05) is 30.3 Å². The number of carbonyl (C=O) groups is 1. The van der Waals surface area contributed by atoms with Crippen molar-refractivity contribution in [2.45, 2.75) is 6.54 Å². The van der Waals surface area contributed by atoms with Gasteiger partial charge in [0.2, 0.25) is 0 Å². The summed E-state index contributed by atoms with van der Waals surface area (Å²) in [5.41, 5.74) is 7.76. The summed E-state index contributed by atoms with van der Waals surface area (Å²) in [5.74, 6) is 0.605. The first kappa shape index (κ1) is 24.0. The quantitative estimate of drug-likeness (QED) is 0.664. The lowest BCUT2D eigenvalue weighted by molar-refractivity contribution is 0.0322. The minimum Gasteiger partial charge on any atom is -0.492 e. The number of para-hydroxylation sites is 2. The molecule has 2 aromatic carbocycles. The van der Waals surface area contributed by atoms with Gasteiger partial charge in [-0.2, -0.15) is 0 Å². The molecule has 1 heterocycles. The van der Waals surface area contributed by atoms with Gasteiger partial charge in [-0.15, -0.1) is 24.8 Å². The van der Waals surface area contributed by atoms with Crippen LogP contribution in [-0.2, 0) is 11.3 Å². The number of benzene rings is 2. The first-order valence-electron chi connectivity index (χ1n) is 8.87. The van der Waals surface area contributed by atoms with E-state index in [0.717, 1.165) is 44.2 Å². The Morgan fingerprint density at radius 2 is 1.75 bits per heavy atom. The molecule has 1 saturated heterocycles. The van der Waals surface area contributed by atoms with E-state index in [1.54, 1.807) is 18.2 Å². The molecule has 0 radical (unpaired) electrons. The van der Waals surface area contributed by atoms with Gasteiger partial charge in [-0.3, -0.25) is 9.69 Å². The van der Waals surface area contributed by atoms with Crippen LogP contribution in [0.2, 0.25) is 0 Å². The van der Waals surface area contributed by atoms with Crippen molar-refractivity contribution in [3.8, 4) is 5.75 Å². The van der Waals surface area contributed by atoms with Crippen molar-refractivity contribution in [3.63, 3.8) is 0 Å². The summed E-state index contributed by atoms with van der Waals surface area (Å²) in [6.45, 7) is 5.32. The summed E-state index contributed by atoms with van der Waals surface area (Å²) in [7, 11) is 0. The van der Waals surface area contributed by atoms with E-state index in [1.165, 1.54) is 0 Å². The second-order valence-corrected chi connectivity index (χ2v) is 6.18. The van der Waals surface area contributed by atoms with Gasteiger partial charge in [0.15, 0.2) is 0 Å². The number of amides is 1. The highest BCUT2D eigenvalue weighted by atomic mass is 35.5. The van der Waals surface area contributed by atoms with Crippen LogP contribution < -0.4 is 15.8 Å². The Morgan fingerprint density at radius 1 is 1.07 bits per heavy atom. The molecule has 3 N–H and O–H groups in total.